The van der Waals surface area contributed by atoms with Crippen LogP contribution in [-0.2, 0) is 13.6 Å². The molecule has 1 aromatic rings. The molecule has 0 amide bonds. The van der Waals surface area contributed by atoms with Crippen molar-refractivity contribution in [3.63, 3.8) is 0 Å². The monoisotopic (exact) mass is 322 g/mol. The van der Waals surface area contributed by atoms with E-state index >= 15 is 0 Å². The summed E-state index contributed by atoms with van der Waals surface area (Å²) < 4.78 is 29.1. The topological polar surface area (TPSA) is 92.3 Å². The van der Waals surface area contributed by atoms with Crippen molar-refractivity contribution < 1.29 is 18.3 Å². The zero-order valence-corrected chi connectivity index (χ0v) is 13.7. The summed E-state index contributed by atoms with van der Waals surface area (Å²) in [5.41, 5.74) is -0.568. The smallest absolute Gasteiger partial charge is 0.340 e. The minimum Gasteiger partial charge on any atom is -0.496 e. The number of hydrogen-bond donors (Lipinski definition) is 0. The summed E-state index contributed by atoms with van der Waals surface area (Å²) >= 11 is 0. The summed E-state index contributed by atoms with van der Waals surface area (Å²) in [6.45, 7) is 3.65. The molecule has 0 spiro atoms. The van der Waals surface area contributed by atoms with Gasteiger partial charge in [-0.25, -0.2) is 0 Å². The van der Waals surface area contributed by atoms with Crippen LogP contribution in [0.25, 0.3) is 0 Å². The van der Waals surface area contributed by atoms with Crippen LogP contribution in [0.3, 0.4) is 0 Å². The second-order valence-corrected chi connectivity index (χ2v) is 6.45. The molecule has 6 nitrogen and oxygen atoms in total. The van der Waals surface area contributed by atoms with Gasteiger partial charge in [0.15, 0.2) is 5.92 Å². The minimum atomic E-state index is -3.71. The van der Waals surface area contributed by atoms with Crippen LogP contribution in [0.1, 0.15) is 25.1 Å². The van der Waals surface area contributed by atoms with Crippen LogP contribution in [0.15, 0.2) is 24.3 Å². The minimum absolute atomic E-state index is 0.145. The van der Waals surface area contributed by atoms with Crippen LogP contribution in [0.4, 0.5) is 0 Å². The Morgan fingerprint density at radius 2 is 1.68 bits per heavy atom. The lowest BCUT2D eigenvalue weighted by Gasteiger charge is -2.28. The second-order valence-electron chi connectivity index (χ2n) is 4.30. The maximum atomic E-state index is 13.1. The Hall–Kier alpha value is -1.85. The van der Waals surface area contributed by atoms with Crippen LogP contribution in [0.5, 0.6) is 5.75 Å². The van der Waals surface area contributed by atoms with Crippen LogP contribution < -0.4 is 4.74 Å². The summed E-state index contributed by atoms with van der Waals surface area (Å²) in [5, 5.41) is 18.6. The third-order valence-electron chi connectivity index (χ3n) is 3.01. The third-order valence-corrected chi connectivity index (χ3v) is 5.50. The molecule has 0 aliphatic carbocycles. The van der Waals surface area contributed by atoms with Gasteiger partial charge in [-0.3, -0.25) is 4.57 Å². The van der Waals surface area contributed by atoms with E-state index in [-0.39, 0.29) is 13.2 Å². The lowest BCUT2D eigenvalue weighted by atomic mass is 10.0. The molecule has 7 heteroatoms. The number of benzene rings is 1. The van der Waals surface area contributed by atoms with E-state index in [0.717, 1.165) is 0 Å². The van der Waals surface area contributed by atoms with E-state index in [1.54, 1.807) is 38.1 Å². The summed E-state index contributed by atoms with van der Waals surface area (Å²) in [6, 6.07) is 10.6. The summed E-state index contributed by atoms with van der Waals surface area (Å²) in [5.74, 6) is -0.747. The van der Waals surface area contributed by atoms with Gasteiger partial charge in [0, 0.05) is 5.56 Å². The summed E-state index contributed by atoms with van der Waals surface area (Å²) in [6.07, 6.45) is 0. The van der Waals surface area contributed by atoms with E-state index in [2.05, 4.69) is 0 Å². The maximum Gasteiger partial charge on any atom is 0.340 e. The number of para-hydroxylation sites is 1. The fraction of sp³-hybridized carbons (Fsp3) is 0.467. The Labute approximate surface area is 130 Å². The highest BCUT2D eigenvalue weighted by atomic mass is 31.2. The zero-order valence-electron chi connectivity index (χ0n) is 12.9. The van der Waals surface area contributed by atoms with Gasteiger partial charge in [-0.05, 0) is 19.9 Å². The van der Waals surface area contributed by atoms with Crippen LogP contribution >= 0.6 is 7.60 Å². The van der Waals surface area contributed by atoms with Gasteiger partial charge in [0.2, 0.25) is 0 Å². The van der Waals surface area contributed by atoms with Crippen LogP contribution in [-0.4, -0.2) is 20.3 Å². The molecular formula is C15H19N2O4P. The first kappa shape index (κ1) is 18.2. The van der Waals surface area contributed by atoms with Gasteiger partial charge < -0.3 is 13.8 Å². The number of hydrogen-bond acceptors (Lipinski definition) is 6. The molecule has 118 valence electrons. The van der Waals surface area contributed by atoms with E-state index in [4.69, 9.17) is 13.8 Å². The van der Waals surface area contributed by atoms with Crippen molar-refractivity contribution in [3.05, 3.63) is 29.8 Å². The highest BCUT2D eigenvalue weighted by Gasteiger charge is 2.44. The van der Waals surface area contributed by atoms with Gasteiger partial charge >= 0.3 is 7.60 Å². The fourth-order valence-corrected chi connectivity index (χ4v) is 4.34. The van der Waals surface area contributed by atoms with Crippen molar-refractivity contribution >= 4 is 7.60 Å². The lowest BCUT2D eigenvalue weighted by Crippen LogP contribution is -2.15. The van der Waals surface area contributed by atoms with Crippen LogP contribution in [0, 0.1) is 28.6 Å². The highest BCUT2D eigenvalue weighted by molar-refractivity contribution is 7.54. The van der Waals surface area contributed by atoms with Gasteiger partial charge in [0.1, 0.15) is 11.4 Å². The van der Waals surface area contributed by atoms with Gasteiger partial charge in [-0.1, -0.05) is 18.2 Å². The lowest BCUT2D eigenvalue weighted by molar-refractivity contribution is 0.209. The summed E-state index contributed by atoms with van der Waals surface area (Å²) in [4.78, 5) is 0. The van der Waals surface area contributed by atoms with Crippen molar-refractivity contribution in [2.75, 3.05) is 20.3 Å². The van der Waals surface area contributed by atoms with E-state index in [1.807, 2.05) is 12.1 Å². The Morgan fingerprint density at radius 3 is 2.14 bits per heavy atom. The molecule has 0 saturated carbocycles. The molecule has 1 unspecified atom stereocenters. The van der Waals surface area contributed by atoms with Crippen LogP contribution in [0.2, 0.25) is 0 Å². The molecule has 1 atom stereocenters. The fourth-order valence-electron chi connectivity index (χ4n) is 2.17. The molecule has 0 saturated heterocycles. The normalized spacial score (nSPS) is 12.5. The standard InChI is InChI=1S/C15H19N2O4P/c1-4-20-22(18,21-5-2)15(12(10-16)11-17)13-8-6-7-9-14(13)19-3/h6-9,12,15H,4-5H2,1-3H3. The van der Waals surface area contributed by atoms with Crippen molar-refractivity contribution in [2.45, 2.75) is 19.5 Å². The molecule has 0 N–H and O–H groups in total. The van der Waals surface area contributed by atoms with E-state index < -0.39 is 19.2 Å². The van der Waals surface area contributed by atoms with Crippen molar-refractivity contribution in [3.8, 4) is 17.9 Å². The first-order valence-corrected chi connectivity index (χ1v) is 8.50. The number of methoxy groups -OCH3 is 1. The van der Waals surface area contributed by atoms with Crippen molar-refractivity contribution in [1.82, 2.24) is 0 Å². The molecule has 22 heavy (non-hydrogen) atoms. The zero-order chi connectivity index (χ0) is 16.6. The number of nitriles is 2. The van der Waals surface area contributed by atoms with Gasteiger partial charge in [0.25, 0.3) is 0 Å². The van der Waals surface area contributed by atoms with E-state index in [9.17, 15) is 15.1 Å². The average molecular weight is 322 g/mol. The average Bonchev–Trinajstić information content (AvgIpc) is 2.52. The largest absolute Gasteiger partial charge is 0.496 e. The number of rotatable bonds is 8. The Balaban J connectivity index is 3.51. The van der Waals surface area contributed by atoms with Gasteiger partial charge in [-0.15, -0.1) is 0 Å². The molecule has 0 radical (unpaired) electrons. The Bertz CT molecular complexity index is 597. The number of ether oxygens (including phenoxy) is 1. The quantitative estimate of drug-likeness (QED) is 0.678. The molecule has 0 fully saturated rings. The molecule has 0 aliphatic heterocycles. The predicted molar refractivity (Wildman–Crippen MR) is 81.3 cm³/mol. The third kappa shape index (κ3) is 3.87. The van der Waals surface area contributed by atoms with Gasteiger partial charge in [0.05, 0.1) is 32.5 Å². The van der Waals surface area contributed by atoms with E-state index in [0.29, 0.717) is 11.3 Å². The Morgan fingerprint density at radius 1 is 1.14 bits per heavy atom. The maximum absolute atomic E-state index is 13.1. The first-order valence-electron chi connectivity index (χ1n) is 6.88. The van der Waals surface area contributed by atoms with Crippen molar-refractivity contribution in [2.24, 2.45) is 5.92 Å². The SMILES string of the molecule is CCOP(=O)(OCC)C(c1ccccc1OC)C(C#N)C#N. The molecule has 0 aliphatic rings. The van der Waals surface area contributed by atoms with Gasteiger partial charge in [-0.2, -0.15) is 10.5 Å². The molecule has 0 heterocycles. The molecule has 0 aromatic heterocycles. The molecular weight excluding hydrogens is 303 g/mol. The molecule has 1 rings (SSSR count). The second kappa shape index (κ2) is 8.56. The molecule has 0 bridgehead atoms. The van der Waals surface area contributed by atoms with E-state index in [1.165, 1.54) is 7.11 Å². The summed E-state index contributed by atoms with van der Waals surface area (Å²) in [7, 11) is -2.24. The molecule has 1 aromatic carbocycles. The highest BCUT2D eigenvalue weighted by Crippen LogP contribution is 2.64. The van der Waals surface area contributed by atoms with Crippen molar-refractivity contribution in [1.29, 1.82) is 10.5 Å². The Kier molecular flexibility index (Phi) is 7.08. The predicted octanol–water partition coefficient (Wildman–Crippen LogP) is 3.67. The first-order chi connectivity index (χ1) is 10.6. The number of nitrogens with zero attached hydrogens (tertiary/aromatic N) is 2.